The van der Waals surface area contributed by atoms with E-state index in [1.54, 1.807) is 11.0 Å². The number of benzene rings is 1. The Morgan fingerprint density at radius 2 is 1.93 bits per heavy atom. The number of rotatable bonds is 3. The number of aryl methyl sites for hydroxylation is 2. The molecule has 1 heterocycles. The van der Waals surface area contributed by atoms with Crippen LogP contribution in [0.5, 0.6) is 0 Å². The summed E-state index contributed by atoms with van der Waals surface area (Å²) in [5.74, 6) is 0.792. The minimum absolute atomic E-state index is 0.792. The van der Waals surface area contributed by atoms with Crippen LogP contribution in [0.4, 0.5) is 0 Å². The lowest BCUT2D eigenvalue weighted by Crippen LogP contribution is -1.88. The zero-order chi connectivity index (χ0) is 10.7. The Bertz CT molecular complexity index is 428. The molecule has 0 spiro atoms. The molecule has 0 N–H and O–H groups in total. The van der Waals surface area contributed by atoms with E-state index in [1.165, 1.54) is 12.0 Å². The Morgan fingerprint density at radius 3 is 2.47 bits per heavy atom. The normalized spacial score (nSPS) is 10.5. The van der Waals surface area contributed by atoms with Gasteiger partial charge in [-0.25, -0.2) is 4.98 Å². The quantitative estimate of drug-likeness (QED) is 0.763. The van der Waals surface area contributed by atoms with Gasteiger partial charge < -0.3 is 0 Å². The summed E-state index contributed by atoms with van der Waals surface area (Å²) in [7, 11) is 1.88. The monoisotopic (exact) mass is 201 g/mol. The second-order valence-electron chi connectivity index (χ2n) is 3.69. The number of nitrogens with zero attached hydrogens (tertiary/aromatic N) is 3. The highest BCUT2D eigenvalue weighted by atomic mass is 15.3. The summed E-state index contributed by atoms with van der Waals surface area (Å²) in [4.78, 5) is 4.21. The molecule has 0 saturated carbocycles. The highest BCUT2D eigenvalue weighted by Crippen LogP contribution is 2.15. The van der Waals surface area contributed by atoms with Crippen LogP contribution in [0.25, 0.3) is 11.4 Å². The Hall–Kier alpha value is -1.64. The van der Waals surface area contributed by atoms with Crippen molar-refractivity contribution in [2.75, 3.05) is 0 Å². The summed E-state index contributed by atoms with van der Waals surface area (Å²) in [6.45, 7) is 2.19. The predicted molar refractivity (Wildman–Crippen MR) is 60.4 cm³/mol. The number of aromatic nitrogens is 3. The lowest BCUT2D eigenvalue weighted by Gasteiger charge is -1.99. The Balaban J connectivity index is 2.23. The van der Waals surface area contributed by atoms with E-state index < -0.39 is 0 Å². The predicted octanol–water partition coefficient (Wildman–Crippen LogP) is 2.43. The molecule has 0 aliphatic heterocycles. The molecule has 0 aliphatic carbocycles. The number of hydrogen-bond donors (Lipinski definition) is 0. The molecule has 0 aliphatic rings. The van der Waals surface area contributed by atoms with Crippen molar-refractivity contribution in [3.8, 4) is 11.4 Å². The summed E-state index contributed by atoms with van der Waals surface area (Å²) in [6.07, 6.45) is 4.03. The Kier molecular flexibility index (Phi) is 2.81. The van der Waals surface area contributed by atoms with E-state index in [1.807, 2.05) is 7.05 Å². The van der Waals surface area contributed by atoms with Gasteiger partial charge in [-0.3, -0.25) is 4.68 Å². The smallest absolute Gasteiger partial charge is 0.181 e. The van der Waals surface area contributed by atoms with Crippen LogP contribution in [-0.4, -0.2) is 14.8 Å². The van der Waals surface area contributed by atoms with Gasteiger partial charge in [-0.1, -0.05) is 37.6 Å². The third kappa shape index (κ3) is 2.24. The van der Waals surface area contributed by atoms with Gasteiger partial charge >= 0.3 is 0 Å². The molecule has 0 fully saturated rings. The van der Waals surface area contributed by atoms with E-state index >= 15 is 0 Å². The molecule has 0 saturated heterocycles. The summed E-state index contributed by atoms with van der Waals surface area (Å²) in [5, 5.41) is 4.26. The Labute approximate surface area is 89.8 Å². The molecule has 1 aromatic heterocycles. The van der Waals surface area contributed by atoms with Gasteiger partial charge in [-0.15, -0.1) is 0 Å². The molecule has 3 nitrogen and oxygen atoms in total. The molecule has 2 rings (SSSR count). The molecule has 0 atom stereocenters. The maximum Gasteiger partial charge on any atom is 0.181 e. The third-order valence-corrected chi connectivity index (χ3v) is 2.35. The lowest BCUT2D eigenvalue weighted by molar-refractivity contribution is 0.768. The summed E-state index contributed by atoms with van der Waals surface area (Å²) < 4.78 is 1.72. The van der Waals surface area contributed by atoms with Crippen molar-refractivity contribution in [1.82, 2.24) is 14.8 Å². The van der Waals surface area contributed by atoms with E-state index in [0.29, 0.717) is 0 Å². The van der Waals surface area contributed by atoms with Crippen LogP contribution in [0.15, 0.2) is 30.6 Å². The summed E-state index contributed by atoms with van der Waals surface area (Å²) >= 11 is 0. The minimum Gasteiger partial charge on any atom is -0.255 e. The highest BCUT2D eigenvalue weighted by Gasteiger charge is 2.01. The Morgan fingerprint density at radius 1 is 1.20 bits per heavy atom. The molecule has 0 radical (unpaired) electrons. The van der Waals surface area contributed by atoms with Gasteiger partial charge in [-0.2, -0.15) is 5.10 Å². The second-order valence-corrected chi connectivity index (χ2v) is 3.69. The van der Waals surface area contributed by atoms with E-state index in [2.05, 4.69) is 41.3 Å². The topological polar surface area (TPSA) is 30.7 Å². The van der Waals surface area contributed by atoms with Gasteiger partial charge in [0, 0.05) is 12.6 Å². The van der Waals surface area contributed by atoms with Crippen LogP contribution in [-0.2, 0) is 13.5 Å². The van der Waals surface area contributed by atoms with Crippen LogP contribution >= 0.6 is 0 Å². The summed E-state index contributed by atoms with van der Waals surface area (Å²) in [6, 6.07) is 8.46. The molecular formula is C12H15N3. The average Bonchev–Trinajstić information content (AvgIpc) is 2.67. The molecule has 0 bridgehead atoms. The van der Waals surface area contributed by atoms with Crippen molar-refractivity contribution in [2.45, 2.75) is 19.8 Å². The second kappa shape index (κ2) is 4.26. The molecule has 3 heteroatoms. The van der Waals surface area contributed by atoms with Gasteiger partial charge in [-0.05, 0) is 12.0 Å². The van der Waals surface area contributed by atoms with Gasteiger partial charge in [0.05, 0.1) is 0 Å². The molecule has 78 valence electrons. The largest absolute Gasteiger partial charge is 0.255 e. The molecule has 2 aromatic rings. The van der Waals surface area contributed by atoms with Crippen LogP contribution in [0, 0.1) is 0 Å². The minimum atomic E-state index is 0.792. The fourth-order valence-electron chi connectivity index (χ4n) is 1.58. The molecule has 0 unspecified atom stereocenters. The first kappa shape index (κ1) is 9.90. The van der Waals surface area contributed by atoms with Gasteiger partial charge in [0.1, 0.15) is 6.33 Å². The van der Waals surface area contributed by atoms with E-state index in [9.17, 15) is 0 Å². The van der Waals surface area contributed by atoms with Crippen LogP contribution in [0.1, 0.15) is 18.9 Å². The molecule has 1 aromatic carbocycles. The van der Waals surface area contributed by atoms with Crippen molar-refractivity contribution < 1.29 is 0 Å². The summed E-state index contributed by atoms with van der Waals surface area (Å²) in [5.41, 5.74) is 2.45. The van der Waals surface area contributed by atoms with Crippen molar-refractivity contribution in [3.63, 3.8) is 0 Å². The first-order chi connectivity index (χ1) is 7.29. The molecule has 15 heavy (non-hydrogen) atoms. The average molecular weight is 201 g/mol. The maximum atomic E-state index is 4.26. The maximum absolute atomic E-state index is 4.26. The fraction of sp³-hybridized carbons (Fsp3) is 0.333. The van der Waals surface area contributed by atoms with Crippen molar-refractivity contribution in [2.24, 2.45) is 7.05 Å². The van der Waals surface area contributed by atoms with Crippen molar-refractivity contribution >= 4 is 0 Å². The van der Waals surface area contributed by atoms with Gasteiger partial charge in [0.25, 0.3) is 0 Å². The zero-order valence-electron chi connectivity index (χ0n) is 9.14. The fourth-order valence-corrected chi connectivity index (χ4v) is 1.58. The third-order valence-electron chi connectivity index (χ3n) is 2.35. The van der Waals surface area contributed by atoms with Crippen molar-refractivity contribution in [1.29, 1.82) is 0 Å². The number of hydrogen-bond acceptors (Lipinski definition) is 2. The van der Waals surface area contributed by atoms with Gasteiger partial charge in [0.15, 0.2) is 5.82 Å². The standard InChI is InChI=1S/C12H15N3/c1-3-4-10-5-7-11(8-6-10)12-13-9-15(2)14-12/h5-9H,3-4H2,1-2H3. The first-order valence-corrected chi connectivity index (χ1v) is 5.24. The molecular weight excluding hydrogens is 186 g/mol. The lowest BCUT2D eigenvalue weighted by atomic mass is 10.1. The van der Waals surface area contributed by atoms with E-state index in [-0.39, 0.29) is 0 Å². The van der Waals surface area contributed by atoms with Crippen molar-refractivity contribution in [3.05, 3.63) is 36.2 Å². The zero-order valence-corrected chi connectivity index (χ0v) is 9.14. The highest BCUT2D eigenvalue weighted by molar-refractivity contribution is 5.54. The first-order valence-electron chi connectivity index (χ1n) is 5.24. The van der Waals surface area contributed by atoms with E-state index in [0.717, 1.165) is 17.8 Å². The van der Waals surface area contributed by atoms with Crippen LogP contribution < -0.4 is 0 Å². The SMILES string of the molecule is CCCc1ccc(-c2ncn(C)n2)cc1. The van der Waals surface area contributed by atoms with Gasteiger partial charge in [0.2, 0.25) is 0 Å². The molecule has 0 amide bonds. The van der Waals surface area contributed by atoms with Crippen LogP contribution in [0.3, 0.4) is 0 Å². The van der Waals surface area contributed by atoms with E-state index in [4.69, 9.17) is 0 Å². The van der Waals surface area contributed by atoms with Crippen LogP contribution in [0.2, 0.25) is 0 Å².